The summed E-state index contributed by atoms with van der Waals surface area (Å²) in [7, 11) is -3.51. The molecule has 7 heteroatoms. The van der Waals surface area contributed by atoms with Crippen LogP contribution in [0.3, 0.4) is 0 Å². The van der Waals surface area contributed by atoms with Crippen LogP contribution in [0.1, 0.15) is 32.6 Å². The SMILES string of the molecule is Cc1cccc(C)c1N(Cc1ccc(C(=O)Nc2ccc(OCc3ccccc3)cc2)cc1)S(C)(=O)=O. The zero-order valence-corrected chi connectivity index (χ0v) is 22.0. The van der Waals surface area contributed by atoms with E-state index in [0.29, 0.717) is 29.3 Å². The number of benzene rings is 4. The van der Waals surface area contributed by atoms with Crippen molar-refractivity contribution in [1.82, 2.24) is 0 Å². The molecular weight excluding hydrogens is 484 g/mol. The highest BCUT2D eigenvalue weighted by Gasteiger charge is 2.21. The Bertz CT molecular complexity index is 1450. The summed E-state index contributed by atoms with van der Waals surface area (Å²) in [6, 6.07) is 29.8. The van der Waals surface area contributed by atoms with Gasteiger partial charge in [-0.15, -0.1) is 0 Å². The van der Waals surface area contributed by atoms with Crippen molar-refractivity contribution in [1.29, 1.82) is 0 Å². The van der Waals surface area contributed by atoms with E-state index >= 15 is 0 Å². The summed E-state index contributed by atoms with van der Waals surface area (Å²) >= 11 is 0. The van der Waals surface area contributed by atoms with E-state index in [-0.39, 0.29) is 12.5 Å². The van der Waals surface area contributed by atoms with Gasteiger partial charge in [0.15, 0.2) is 0 Å². The van der Waals surface area contributed by atoms with Crippen molar-refractivity contribution in [3.05, 3.63) is 125 Å². The van der Waals surface area contributed by atoms with Crippen molar-refractivity contribution in [3.8, 4) is 5.75 Å². The third-order valence-corrected chi connectivity index (χ3v) is 7.10. The van der Waals surface area contributed by atoms with Crippen LogP contribution in [-0.2, 0) is 23.2 Å². The van der Waals surface area contributed by atoms with Gasteiger partial charge in [0, 0.05) is 11.3 Å². The largest absolute Gasteiger partial charge is 0.489 e. The van der Waals surface area contributed by atoms with Gasteiger partial charge >= 0.3 is 0 Å². The molecule has 0 fully saturated rings. The Kier molecular flexibility index (Phi) is 7.94. The molecule has 6 nitrogen and oxygen atoms in total. The van der Waals surface area contributed by atoms with Crippen LogP contribution in [0.15, 0.2) is 97.1 Å². The fourth-order valence-corrected chi connectivity index (χ4v) is 5.07. The number of ether oxygens (including phenoxy) is 1. The minimum absolute atomic E-state index is 0.177. The maximum Gasteiger partial charge on any atom is 0.255 e. The Hall–Kier alpha value is -4.10. The molecule has 190 valence electrons. The smallest absolute Gasteiger partial charge is 0.255 e. The second-order valence-corrected chi connectivity index (χ2v) is 10.9. The molecule has 4 aromatic carbocycles. The van der Waals surface area contributed by atoms with Crippen LogP contribution in [0.25, 0.3) is 0 Å². The number of carbonyl (C=O) groups excluding carboxylic acids is 1. The van der Waals surface area contributed by atoms with Gasteiger partial charge in [-0.3, -0.25) is 9.10 Å². The topological polar surface area (TPSA) is 75.7 Å². The highest BCUT2D eigenvalue weighted by molar-refractivity contribution is 7.92. The number of hydrogen-bond donors (Lipinski definition) is 1. The van der Waals surface area contributed by atoms with Gasteiger partial charge in [0.1, 0.15) is 12.4 Å². The number of carbonyl (C=O) groups is 1. The summed E-state index contributed by atoms with van der Waals surface area (Å²) in [6.45, 7) is 4.45. The van der Waals surface area contributed by atoms with Gasteiger partial charge in [-0.25, -0.2) is 8.42 Å². The first-order valence-electron chi connectivity index (χ1n) is 11.9. The number of amides is 1. The minimum Gasteiger partial charge on any atom is -0.489 e. The van der Waals surface area contributed by atoms with E-state index in [0.717, 1.165) is 22.3 Å². The van der Waals surface area contributed by atoms with Crippen molar-refractivity contribution >= 4 is 27.3 Å². The van der Waals surface area contributed by atoms with Crippen LogP contribution in [0.4, 0.5) is 11.4 Å². The third kappa shape index (κ3) is 6.77. The Morgan fingerprint density at radius 3 is 2.00 bits per heavy atom. The van der Waals surface area contributed by atoms with Gasteiger partial charge in [0.05, 0.1) is 18.5 Å². The molecule has 0 aliphatic carbocycles. The third-order valence-electron chi connectivity index (χ3n) is 5.99. The quantitative estimate of drug-likeness (QED) is 0.293. The maximum atomic E-state index is 12.8. The molecule has 0 bridgehead atoms. The average molecular weight is 515 g/mol. The molecule has 4 rings (SSSR count). The number of para-hydroxylation sites is 1. The molecule has 0 saturated carbocycles. The Labute approximate surface area is 218 Å². The zero-order valence-electron chi connectivity index (χ0n) is 21.1. The second kappa shape index (κ2) is 11.3. The lowest BCUT2D eigenvalue weighted by molar-refractivity contribution is 0.102. The Morgan fingerprint density at radius 2 is 1.41 bits per heavy atom. The predicted molar refractivity (Wildman–Crippen MR) is 149 cm³/mol. The summed E-state index contributed by atoms with van der Waals surface area (Å²) in [5.41, 5.74) is 5.45. The van der Waals surface area contributed by atoms with Crippen LogP contribution in [0.2, 0.25) is 0 Å². The van der Waals surface area contributed by atoms with Gasteiger partial charge in [0.25, 0.3) is 5.91 Å². The predicted octanol–water partition coefficient (Wildman–Crippen LogP) is 6.10. The van der Waals surface area contributed by atoms with E-state index < -0.39 is 10.0 Å². The molecule has 0 aliphatic heterocycles. The van der Waals surface area contributed by atoms with E-state index in [1.54, 1.807) is 36.4 Å². The van der Waals surface area contributed by atoms with Crippen molar-refractivity contribution in [2.45, 2.75) is 27.0 Å². The van der Waals surface area contributed by atoms with Crippen molar-refractivity contribution in [2.75, 3.05) is 15.9 Å². The summed E-state index contributed by atoms with van der Waals surface area (Å²) < 4.78 is 32.4. The molecular formula is C30H30N2O4S. The number of nitrogens with one attached hydrogen (secondary N) is 1. The zero-order chi connectivity index (χ0) is 26.4. The van der Waals surface area contributed by atoms with Crippen LogP contribution in [0, 0.1) is 13.8 Å². The van der Waals surface area contributed by atoms with E-state index in [1.165, 1.54) is 10.6 Å². The Balaban J connectivity index is 1.40. The van der Waals surface area contributed by atoms with Gasteiger partial charge in [-0.1, -0.05) is 60.7 Å². The highest BCUT2D eigenvalue weighted by Crippen LogP contribution is 2.28. The fourth-order valence-electron chi connectivity index (χ4n) is 4.07. The molecule has 0 aliphatic rings. The monoisotopic (exact) mass is 514 g/mol. The number of hydrogen-bond acceptors (Lipinski definition) is 4. The molecule has 0 unspecified atom stereocenters. The first-order chi connectivity index (χ1) is 17.7. The standard InChI is InChI=1S/C30H30N2O4S/c1-22-8-7-9-23(2)29(22)32(37(3,34)35)20-24-12-14-26(15-13-24)30(33)31-27-16-18-28(19-17-27)36-21-25-10-5-4-6-11-25/h4-19H,20-21H2,1-3H3,(H,31,33). The number of sulfonamides is 1. The van der Waals surface area contributed by atoms with Crippen LogP contribution in [-0.4, -0.2) is 20.6 Å². The lowest BCUT2D eigenvalue weighted by Crippen LogP contribution is -2.30. The molecule has 0 saturated heterocycles. The fraction of sp³-hybridized carbons (Fsp3) is 0.167. The summed E-state index contributed by atoms with van der Waals surface area (Å²) in [6.07, 6.45) is 1.21. The molecule has 0 spiro atoms. The van der Waals surface area contributed by atoms with E-state index in [1.807, 2.05) is 74.5 Å². The van der Waals surface area contributed by atoms with Crippen LogP contribution >= 0.6 is 0 Å². The minimum atomic E-state index is -3.51. The van der Waals surface area contributed by atoms with E-state index in [2.05, 4.69) is 5.32 Å². The van der Waals surface area contributed by atoms with Crippen molar-refractivity contribution in [2.24, 2.45) is 0 Å². The number of nitrogens with zero attached hydrogens (tertiary/aromatic N) is 1. The summed E-state index contributed by atoms with van der Waals surface area (Å²) in [4.78, 5) is 12.8. The molecule has 37 heavy (non-hydrogen) atoms. The first-order valence-corrected chi connectivity index (χ1v) is 13.8. The molecule has 1 amide bonds. The molecule has 1 N–H and O–H groups in total. The van der Waals surface area contributed by atoms with Gasteiger partial charge in [-0.05, 0) is 72.5 Å². The van der Waals surface area contributed by atoms with Crippen LogP contribution < -0.4 is 14.4 Å². The highest BCUT2D eigenvalue weighted by atomic mass is 32.2. The van der Waals surface area contributed by atoms with E-state index in [9.17, 15) is 13.2 Å². The Morgan fingerprint density at radius 1 is 0.784 bits per heavy atom. The normalized spacial score (nSPS) is 11.1. The molecule has 0 radical (unpaired) electrons. The molecule has 0 atom stereocenters. The van der Waals surface area contributed by atoms with E-state index in [4.69, 9.17) is 4.74 Å². The summed E-state index contributed by atoms with van der Waals surface area (Å²) in [5.74, 6) is 0.463. The maximum absolute atomic E-state index is 12.8. The first kappa shape index (κ1) is 26.0. The summed E-state index contributed by atoms with van der Waals surface area (Å²) in [5, 5.41) is 2.88. The lowest BCUT2D eigenvalue weighted by atomic mass is 10.1. The number of anilines is 2. The van der Waals surface area contributed by atoms with Crippen molar-refractivity contribution in [3.63, 3.8) is 0 Å². The number of aryl methyl sites for hydroxylation is 2. The molecule has 4 aromatic rings. The molecule has 0 aromatic heterocycles. The van der Waals surface area contributed by atoms with Gasteiger partial charge in [-0.2, -0.15) is 0 Å². The van der Waals surface area contributed by atoms with Crippen LogP contribution in [0.5, 0.6) is 5.75 Å². The van der Waals surface area contributed by atoms with Gasteiger partial charge < -0.3 is 10.1 Å². The molecule has 0 heterocycles. The number of rotatable bonds is 9. The second-order valence-electron chi connectivity index (χ2n) is 8.96. The average Bonchev–Trinajstić information content (AvgIpc) is 2.88. The lowest BCUT2D eigenvalue weighted by Gasteiger charge is -2.26. The van der Waals surface area contributed by atoms with Crippen molar-refractivity contribution < 1.29 is 17.9 Å². The van der Waals surface area contributed by atoms with Gasteiger partial charge in [0.2, 0.25) is 10.0 Å².